The van der Waals surface area contributed by atoms with E-state index in [1.165, 1.54) is 12.3 Å². The van der Waals surface area contributed by atoms with Crippen molar-refractivity contribution < 1.29 is 13.6 Å². The van der Waals surface area contributed by atoms with Gasteiger partial charge in [-0.3, -0.25) is 4.79 Å². The summed E-state index contributed by atoms with van der Waals surface area (Å²) in [6.07, 6.45) is 4.89. The molecule has 1 amide bonds. The van der Waals surface area contributed by atoms with Crippen LogP contribution in [0.1, 0.15) is 10.4 Å². The third-order valence-corrected chi connectivity index (χ3v) is 4.60. The van der Waals surface area contributed by atoms with Crippen LogP contribution >= 0.6 is 0 Å². The number of benzene rings is 1. The Morgan fingerprint density at radius 1 is 0.897 bits per heavy atom. The molecular weight excluding hydrogens is 378 g/mol. The molecule has 148 valence electrons. The van der Waals surface area contributed by atoms with Crippen LogP contribution in [0.3, 0.4) is 0 Å². The molecule has 9 heteroatoms. The average molecular weight is 396 g/mol. The van der Waals surface area contributed by atoms with E-state index in [1.54, 1.807) is 35.5 Å². The summed E-state index contributed by atoms with van der Waals surface area (Å²) in [7, 11) is 0. The Morgan fingerprint density at radius 2 is 1.66 bits per heavy atom. The minimum absolute atomic E-state index is 0.116. The Hall–Kier alpha value is -3.62. The van der Waals surface area contributed by atoms with Gasteiger partial charge in [0, 0.05) is 62.1 Å². The maximum Gasteiger partial charge on any atom is 0.254 e. The lowest BCUT2D eigenvalue weighted by molar-refractivity contribution is 0.0746. The maximum atomic E-state index is 13.4. The molecule has 1 N–H and O–H groups in total. The predicted octanol–water partition coefficient (Wildman–Crippen LogP) is 2.86. The van der Waals surface area contributed by atoms with E-state index in [9.17, 15) is 13.6 Å². The first-order valence-corrected chi connectivity index (χ1v) is 9.09. The van der Waals surface area contributed by atoms with E-state index in [4.69, 9.17) is 0 Å². The van der Waals surface area contributed by atoms with Gasteiger partial charge in [0.15, 0.2) is 11.6 Å². The Labute approximate surface area is 166 Å². The van der Waals surface area contributed by atoms with Crippen LogP contribution in [0.2, 0.25) is 0 Å². The van der Waals surface area contributed by atoms with E-state index in [2.05, 4.69) is 20.3 Å². The fraction of sp³-hybridized carbons (Fsp3) is 0.200. The first-order valence-electron chi connectivity index (χ1n) is 9.09. The number of halogens is 2. The van der Waals surface area contributed by atoms with Crippen LogP contribution < -0.4 is 10.2 Å². The number of rotatable bonds is 4. The van der Waals surface area contributed by atoms with Crippen LogP contribution in [-0.2, 0) is 0 Å². The molecule has 3 heterocycles. The number of pyridine rings is 1. The monoisotopic (exact) mass is 396 g/mol. The minimum atomic E-state index is -0.956. The second-order valence-electron chi connectivity index (χ2n) is 6.51. The molecule has 1 aliphatic rings. The van der Waals surface area contributed by atoms with Crippen molar-refractivity contribution in [1.82, 2.24) is 19.9 Å². The Morgan fingerprint density at radius 3 is 2.38 bits per heavy atom. The largest absolute Gasteiger partial charge is 0.340 e. The molecule has 29 heavy (non-hydrogen) atoms. The van der Waals surface area contributed by atoms with Gasteiger partial charge in [-0.2, -0.15) is 0 Å². The Kier molecular flexibility index (Phi) is 5.28. The van der Waals surface area contributed by atoms with Crippen LogP contribution in [0.4, 0.5) is 26.2 Å². The van der Waals surface area contributed by atoms with E-state index in [0.717, 1.165) is 12.1 Å². The van der Waals surface area contributed by atoms with Gasteiger partial charge in [0.05, 0.1) is 0 Å². The summed E-state index contributed by atoms with van der Waals surface area (Å²) >= 11 is 0. The van der Waals surface area contributed by atoms with E-state index >= 15 is 0 Å². The first kappa shape index (κ1) is 18.7. The molecular formula is C20H18F2N6O. The number of carbonyl (C=O) groups excluding carboxylic acids is 1. The van der Waals surface area contributed by atoms with Crippen LogP contribution in [-0.4, -0.2) is 51.9 Å². The van der Waals surface area contributed by atoms with Crippen LogP contribution in [0.15, 0.2) is 55.0 Å². The lowest BCUT2D eigenvalue weighted by Crippen LogP contribution is -2.49. The normalized spacial score (nSPS) is 14.0. The lowest BCUT2D eigenvalue weighted by Gasteiger charge is -2.34. The van der Waals surface area contributed by atoms with Gasteiger partial charge in [0.2, 0.25) is 5.95 Å². The summed E-state index contributed by atoms with van der Waals surface area (Å²) in [6.45, 7) is 2.37. The standard InChI is InChI=1S/C20H18F2N6O/c21-16-3-2-15(13-17(16)22)26-18-12-14(4-7-23-18)19(29)27-8-10-28(11-9-27)20-24-5-1-6-25-20/h1-7,12-13H,8-11H2,(H,23,26). The molecule has 1 fully saturated rings. The number of nitrogens with zero attached hydrogens (tertiary/aromatic N) is 5. The zero-order chi connectivity index (χ0) is 20.2. The second-order valence-corrected chi connectivity index (χ2v) is 6.51. The minimum Gasteiger partial charge on any atom is -0.340 e. The quantitative estimate of drug-likeness (QED) is 0.731. The van der Waals surface area contributed by atoms with Gasteiger partial charge in [-0.15, -0.1) is 0 Å². The van der Waals surface area contributed by atoms with Crippen molar-refractivity contribution in [2.45, 2.75) is 0 Å². The van der Waals surface area contributed by atoms with Gasteiger partial charge in [0.1, 0.15) is 5.82 Å². The molecule has 4 rings (SSSR count). The molecule has 0 aliphatic carbocycles. The van der Waals surface area contributed by atoms with Crippen molar-refractivity contribution >= 4 is 23.4 Å². The zero-order valence-electron chi connectivity index (χ0n) is 15.4. The highest BCUT2D eigenvalue weighted by molar-refractivity contribution is 5.95. The summed E-state index contributed by atoms with van der Waals surface area (Å²) in [5, 5.41) is 2.89. The third kappa shape index (κ3) is 4.29. The second kappa shape index (κ2) is 8.17. The van der Waals surface area contributed by atoms with Gasteiger partial charge in [-0.05, 0) is 30.3 Å². The van der Waals surface area contributed by atoms with Crippen LogP contribution in [0, 0.1) is 11.6 Å². The summed E-state index contributed by atoms with van der Waals surface area (Å²) in [5.41, 5.74) is 0.812. The number of hydrogen-bond acceptors (Lipinski definition) is 6. The van der Waals surface area contributed by atoms with E-state index in [-0.39, 0.29) is 5.91 Å². The Balaban J connectivity index is 1.41. The zero-order valence-corrected chi connectivity index (χ0v) is 15.4. The van der Waals surface area contributed by atoms with Gasteiger partial charge in [-0.1, -0.05) is 0 Å². The average Bonchev–Trinajstić information content (AvgIpc) is 2.77. The predicted molar refractivity (Wildman–Crippen MR) is 104 cm³/mol. The smallest absolute Gasteiger partial charge is 0.254 e. The summed E-state index contributed by atoms with van der Waals surface area (Å²) in [5.74, 6) is -0.968. The number of hydrogen-bond donors (Lipinski definition) is 1. The molecule has 2 aromatic heterocycles. The summed E-state index contributed by atoms with van der Waals surface area (Å²) in [4.78, 5) is 29.3. The van der Waals surface area contributed by atoms with Gasteiger partial charge < -0.3 is 15.1 Å². The highest BCUT2D eigenvalue weighted by Crippen LogP contribution is 2.19. The molecule has 1 aromatic carbocycles. The van der Waals surface area contributed by atoms with Crippen LogP contribution in [0.25, 0.3) is 0 Å². The molecule has 1 aliphatic heterocycles. The van der Waals surface area contributed by atoms with Crippen molar-refractivity contribution in [3.63, 3.8) is 0 Å². The summed E-state index contributed by atoms with van der Waals surface area (Å²) in [6, 6.07) is 8.46. The number of carbonyl (C=O) groups is 1. The van der Waals surface area contributed by atoms with Crippen molar-refractivity contribution in [2.75, 3.05) is 36.4 Å². The SMILES string of the molecule is O=C(c1ccnc(Nc2ccc(F)c(F)c2)c1)N1CCN(c2ncccn2)CC1. The van der Waals surface area contributed by atoms with Crippen molar-refractivity contribution in [2.24, 2.45) is 0 Å². The number of piperazine rings is 1. The topological polar surface area (TPSA) is 74.2 Å². The molecule has 7 nitrogen and oxygen atoms in total. The molecule has 0 atom stereocenters. The summed E-state index contributed by atoms with van der Waals surface area (Å²) < 4.78 is 26.4. The van der Waals surface area contributed by atoms with E-state index in [0.29, 0.717) is 49.2 Å². The molecule has 0 radical (unpaired) electrons. The molecule has 1 saturated heterocycles. The highest BCUT2D eigenvalue weighted by atomic mass is 19.2. The number of anilines is 3. The molecule has 0 bridgehead atoms. The number of nitrogens with one attached hydrogen (secondary N) is 1. The van der Waals surface area contributed by atoms with Crippen molar-refractivity contribution in [1.29, 1.82) is 0 Å². The lowest BCUT2D eigenvalue weighted by atomic mass is 10.2. The number of amides is 1. The molecule has 0 spiro atoms. The fourth-order valence-corrected chi connectivity index (χ4v) is 3.10. The Bertz CT molecular complexity index is 1010. The van der Waals surface area contributed by atoms with Gasteiger partial charge in [0.25, 0.3) is 5.91 Å². The van der Waals surface area contributed by atoms with Gasteiger partial charge >= 0.3 is 0 Å². The molecule has 0 unspecified atom stereocenters. The molecule has 0 saturated carbocycles. The van der Waals surface area contributed by atoms with Crippen molar-refractivity contribution in [3.05, 3.63) is 72.2 Å². The third-order valence-electron chi connectivity index (χ3n) is 4.60. The van der Waals surface area contributed by atoms with Crippen molar-refractivity contribution in [3.8, 4) is 0 Å². The maximum absolute atomic E-state index is 13.4. The number of aromatic nitrogens is 3. The molecule has 3 aromatic rings. The first-order chi connectivity index (χ1) is 14.1. The fourth-order valence-electron chi connectivity index (χ4n) is 3.10. The van der Waals surface area contributed by atoms with Gasteiger partial charge in [-0.25, -0.2) is 23.7 Å². The highest BCUT2D eigenvalue weighted by Gasteiger charge is 2.23. The van der Waals surface area contributed by atoms with Crippen LogP contribution in [0.5, 0.6) is 0 Å². The van der Waals surface area contributed by atoms with E-state index in [1.807, 2.05) is 4.90 Å². The van der Waals surface area contributed by atoms with E-state index < -0.39 is 11.6 Å².